The van der Waals surface area contributed by atoms with Crippen LogP contribution in [0.15, 0.2) is 0 Å². The SMILES string of the molecule is CCC[C@H]1CN[C@@H](C(=O)OCC)[C@H]1C. The number of esters is 1. The van der Waals surface area contributed by atoms with Crippen molar-refractivity contribution in [2.45, 2.75) is 39.7 Å². The first-order chi connectivity index (χ1) is 6.70. The first-order valence-corrected chi connectivity index (χ1v) is 5.60. The normalized spacial score (nSPS) is 31.8. The molecule has 3 heteroatoms. The Bertz CT molecular complexity index is 194. The van der Waals surface area contributed by atoms with Gasteiger partial charge in [0.15, 0.2) is 0 Å². The van der Waals surface area contributed by atoms with Gasteiger partial charge in [0, 0.05) is 0 Å². The first-order valence-electron chi connectivity index (χ1n) is 5.60. The summed E-state index contributed by atoms with van der Waals surface area (Å²) in [7, 11) is 0. The zero-order valence-corrected chi connectivity index (χ0v) is 9.38. The number of ether oxygens (including phenoxy) is 1. The zero-order valence-electron chi connectivity index (χ0n) is 9.38. The summed E-state index contributed by atoms with van der Waals surface area (Å²) in [4.78, 5) is 11.5. The first kappa shape index (κ1) is 11.5. The molecule has 1 fully saturated rings. The van der Waals surface area contributed by atoms with E-state index in [0.29, 0.717) is 18.4 Å². The molecule has 14 heavy (non-hydrogen) atoms. The number of hydrogen-bond acceptors (Lipinski definition) is 3. The highest BCUT2D eigenvalue weighted by Crippen LogP contribution is 2.26. The van der Waals surface area contributed by atoms with E-state index in [1.807, 2.05) is 6.92 Å². The molecule has 1 rings (SSSR count). The van der Waals surface area contributed by atoms with Gasteiger partial charge in [0.05, 0.1) is 6.61 Å². The number of nitrogens with one attached hydrogen (secondary N) is 1. The molecule has 1 N–H and O–H groups in total. The molecule has 0 saturated carbocycles. The Balaban J connectivity index is 2.46. The highest BCUT2D eigenvalue weighted by molar-refractivity contribution is 5.76. The lowest BCUT2D eigenvalue weighted by atomic mass is 9.89. The highest BCUT2D eigenvalue weighted by atomic mass is 16.5. The lowest BCUT2D eigenvalue weighted by Gasteiger charge is -2.17. The summed E-state index contributed by atoms with van der Waals surface area (Å²) in [5.74, 6) is 0.960. The van der Waals surface area contributed by atoms with Crippen LogP contribution in [0.4, 0.5) is 0 Å². The molecule has 82 valence electrons. The molecule has 1 saturated heterocycles. The Morgan fingerprint density at radius 3 is 2.79 bits per heavy atom. The van der Waals surface area contributed by atoms with E-state index in [1.165, 1.54) is 12.8 Å². The molecule has 1 aliphatic heterocycles. The molecular formula is C11H21NO2. The summed E-state index contributed by atoms with van der Waals surface area (Å²) in [6.07, 6.45) is 2.39. The minimum Gasteiger partial charge on any atom is -0.465 e. The van der Waals surface area contributed by atoms with Crippen molar-refractivity contribution >= 4 is 5.97 Å². The summed E-state index contributed by atoms with van der Waals surface area (Å²) >= 11 is 0. The van der Waals surface area contributed by atoms with Gasteiger partial charge in [0.2, 0.25) is 0 Å². The maximum atomic E-state index is 11.5. The molecule has 0 bridgehead atoms. The fraction of sp³-hybridized carbons (Fsp3) is 0.909. The average molecular weight is 199 g/mol. The molecule has 0 aromatic heterocycles. The fourth-order valence-electron chi connectivity index (χ4n) is 2.19. The Labute approximate surface area is 86.2 Å². The van der Waals surface area contributed by atoms with Crippen LogP contribution in [0.1, 0.15) is 33.6 Å². The van der Waals surface area contributed by atoms with Gasteiger partial charge >= 0.3 is 5.97 Å². The van der Waals surface area contributed by atoms with Gasteiger partial charge in [0.25, 0.3) is 0 Å². The number of carbonyl (C=O) groups excluding carboxylic acids is 1. The van der Waals surface area contributed by atoms with Gasteiger partial charge in [0.1, 0.15) is 6.04 Å². The van der Waals surface area contributed by atoms with Crippen molar-refractivity contribution in [3.63, 3.8) is 0 Å². The summed E-state index contributed by atoms with van der Waals surface area (Å²) < 4.78 is 5.02. The van der Waals surface area contributed by atoms with E-state index in [9.17, 15) is 4.79 Å². The Morgan fingerprint density at radius 1 is 1.50 bits per heavy atom. The summed E-state index contributed by atoms with van der Waals surface area (Å²) in [5, 5.41) is 3.25. The molecule has 0 radical (unpaired) electrons. The Kier molecular flexibility index (Phi) is 4.39. The predicted octanol–water partition coefficient (Wildman–Crippen LogP) is 1.57. The lowest BCUT2D eigenvalue weighted by molar-refractivity contribution is -0.146. The van der Waals surface area contributed by atoms with E-state index in [1.54, 1.807) is 0 Å². The van der Waals surface area contributed by atoms with Crippen LogP contribution in [0, 0.1) is 11.8 Å². The number of rotatable bonds is 4. The van der Waals surface area contributed by atoms with Gasteiger partial charge in [-0.25, -0.2) is 0 Å². The van der Waals surface area contributed by atoms with E-state index in [0.717, 1.165) is 6.54 Å². The molecule has 0 aliphatic carbocycles. The molecule has 0 aromatic rings. The van der Waals surface area contributed by atoms with Gasteiger partial charge < -0.3 is 10.1 Å². The third-order valence-electron chi connectivity index (χ3n) is 3.07. The zero-order chi connectivity index (χ0) is 10.6. The average Bonchev–Trinajstić information content (AvgIpc) is 2.49. The van der Waals surface area contributed by atoms with E-state index < -0.39 is 0 Å². The number of carbonyl (C=O) groups is 1. The maximum absolute atomic E-state index is 11.5. The fourth-order valence-corrected chi connectivity index (χ4v) is 2.19. The van der Waals surface area contributed by atoms with Gasteiger partial charge in [-0.1, -0.05) is 20.3 Å². The molecule has 0 amide bonds. The highest BCUT2D eigenvalue weighted by Gasteiger charge is 2.36. The lowest BCUT2D eigenvalue weighted by Crippen LogP contribution is -2.36. The third kappa shape index (κ3) is 2.47. The monoisotopic (exact) mass is 199 g/mol. The van der Waals surface area contributed by atoms with Crippen LogP contribution in [0.25, 0.3) is 0 Å². The molecule has 0 unspecified atom stereocenters. The largest absolute Gasteiger partial charge is 0.465 e. The topological polar surface area (TPSA) is 38.3 Å². The second-order valence-electron chi connectivity index (χ2n) is 4.05. The van der Waals surface area contributed by atoms with E-state index in [2.05, 4.69) is 19.2 Å². The summed E-state index contributed by atoms with van der Waals surface area (Å²) in [6.45, 7) is 7.61. The van der Waals surface area contributed by atoms with Crippen molar-refractivity contribution in [2.24, 2.45) is 11.8 Å². The molecule has 0 aromatic carbocycles. The van der Waals surface area contributed by atoms with Gasteiger partial charge in [-0.3, -0.25) is 4.79 Å². The van der Waals surface area contributed by atoms with Crippen molar-refractivity contribution in [3.05, 3.63) is 0 Å². The molecular weight excluding hydrogens is 178 g/mol. The van der Waals surface area contributed by atoms with E-state index in [-0.39, 0.29) is 12.0 Å². The minimum atomic E-state index is -0.0846. The standard InChI is InChI=1S/C11H21NO2/c1-4-6-9-7-12-10(8(9)3)11(13)14-5-2/h8-10,12H,4-7H2,1-3H3/t8-,9-,10+/m0/s1. The van der Waals surface area contributed by atoms with Crippen LogP contribution in [-0.4, -0.2) is 25.2 Å². The molecule has 1 heterocycles. The van der Waals surface area contributed by atoms with Gasteiger partial charge in [-0.15, -0.1) is 0 Å². The van der Waals surface area contributed by atoms with Crippen molar-refractivity contribution in [3.8, 4) is 0 Å². The predicted molar refractivity (Wildman–Crippen MR) is 56.0 cm³/mol. The van der Waals surface area contributed by atoms with Gasteiger partial charge in [-0.2, -0.15) is 0 Å². The third-order valence-corrected chi connectivity index (χ3v) is 3.07. The quantitative estimate of drug-likeness (QED) is 0.698. The smallest absolute Gasteiger partial charge is 0.323 e. The van der Waals surface area contributed by atoms with Crippen LogP contribution in [0.3, 0.4) is 0 Å². The van der Waals surface area contributed by atoms with Crippen LogP contribution < -0.4 is 5.32 Å². The summed E-state index contributed by atoms with van der Waals surface area (Å²) in [6, 6.07) is -0.0773. The maximum Gasteiger partial charge on any atom is 0.323 e. The van der Waals surface area contributed by atoms with Crippen molar-refractivity contribution < 1.29 is 9.53 Å². The molecule has 1 aliphatic rings. The second-order valence-corrected chi connectivity index (χ2v) is 4.05. The van der Waals surface area contributed by atoms with Crippen molar-refractivity contribution in [1.29, 1.82) is 0 Å². The van der Waals surface area contributed by atoms with E-state index in [4.69, 9.17) is 4.74 Å². The van der Waals surface area contributed by atoms with Gasteiger partial charge in [-0.05, 0) is 31.7 Å². The molecule has 0 spiro atoms. The van der Waals surface area contributed by atoms with Crippen LogP contribution >= 0.6 is 0 Å². The minimum absolute atomic E-state index is 0.0773. The summed E-state index contributed by atoms with van der Waals surface area (Å²) in [5.41, 5.74) is 0. The molecule has 3 nitrogen and oxygen atoms in total. The Morgan fingerprint density at radius 2 is 2.21 bits per heavy atom. The molecule has 3 atom stereocenters. The van der Waals surface area contributed by atoms with Crippen LogP contribution in [0.5, 0.6) is 0 Å². The van der Waals surface area contributed by atoms with Crippen molar-refractivity contribution in [1.82, 2.24) is 5.32 Å². The van der Waals surface area contributed by atoms with Crippen molar-refractivity contribution in [2.75, 3.05) is 13.2 Å². The van der Waals surface area contributed by atoms with Crippen LogP contribution in [0.2, 0.25) is 0 Å². The van der Waals surface area contributed by atoms with E-state index >= 15 is 0 Å². The number of hydrogen-bond donors (Lipinski definition) is 1. The second kappa shape index (κ2) is 5.35. The Hall–Kier alpha value is -0.570. The van der Waals surface area contributed by atoms with Crippen LogP contribution in [-0.2, 0) is 9.53 Å².